The first kappa shape index (κ1) is 19.3. The van der Waals surface area contributed by atoms with E-state index < -0.39 is 42.5 Å². The van der Waals surface area contributed by atoms with Crippen LogP contribution in [0.2, 0.25) is 0 Å². The molecular formula is C16H24FNO4S2. The van der Waals surface area contributed by atoms with Crippen LogP contribution in [-0.2, 0) is 19.7 Å². The highest BCUT2D eigenvalue weighted by Crippen LogP contribution is 2.28. The van der Waals surface area contributed by atoms with Gasteiger partial charge in [-0.3, -0.25) is 0 Å². The topological polar surface area (TPSA) is 80.3 Å². The maximum Gasteiger partial charge on any atom is 0.184 e. The molecule has 2 atom stereocenters. The molecule has 1 aromatic rings. The third kappa shape index (κ3) is 4.34. The quantitative estimate of drug-likeness (QED) is 0.764. The zero-order valence-electron chi connectivity index (χ0n) is 14.1. The first-order chi connectivity index (χ1) is 11.0. The van der Waals surface area contributed by atoms with Crippen LogP contribution in [0, 0.1) is 18.7 Å². The van der Waals surface area contributed by atoms with Gasteiger partial charge in [0.15, 0.2) is 19.7 Å². The van der Waals surface area contributed by atoms with Crippen molar-refractivity contribution in [2.24, 2.45) is 5.92 Å². The molecule has 1 heterocycles. The number of hydrogen-bond acceptors (Lipinski definition) is 5. The third-order valence-electron chi connectivity index (χ3n) is 4.27. The molecule has 0 saturated carbocycles. The Balaban J connectivity index is 2.31. The summed E-state index contributed by atoms with van der Waals surface area (Å²) >= 11 is 0. The third-order valence-corrected chi connectivity index (χ3v) is 8.58. The maximum absolute atomic E-state index is 13.3. The first-order valence-corrected chi connectivity index (χ1v) is 11.3. The number of halogens is 1. The first-order valence-electron chi connectivity index (χ1n) is 7.97. The molecule has 1 fully saturated rings. The zero-order chi connectivity index (χ0) is 18.1. The number of nitrogens with one attached hydrogen (secondary N) is 1. The van der Waals surface area contributed by atoms with E-state index in [9.17, 15) is 21.2 Å². The Morgan fingerprint density at radius 3 is 2.54 bits per heavy atom. The Morgan fingerprint density at radius 1 is 1.29 bits per heavy atom. The van der Waals surface area contributed by atoms with Gasteiger partial charge in [0.1, 0.15) is 5.82 Å². The van der Waals surface area contributed by atoms with Crippen LogP contribution in [0.3, 0.4) is 0 Å². The predicted octanol–water partition coefficient (Wildman–Crippen LogP) is 1.71. The lowest BCUT2D eigenvalue weighted by atomic mass is 10.1. The Bertz CT molecular complexity index is 803. The molecule has 1 N–H and O–H groups in total. The van der Waals surface area contributed by atoms with E-state index in [2.05, 4.69) is 5.32 Å². The smallest absolute Gasteiger partial charge is 0.184 e. The Hall–Kier alpha value is -0.990. The van der Waals surface area contributed by atoms with E-state index >= 15 is 0 Å². The van der Waals surface area contributed by atoms with Crippen LogP contribution in [0.4, 0.5) is 4.39 Å². The van der Waals surface area contributed by atoms with Gasteiger partial charge in [-0.15, -0.1) is 0 Å². The molecule has 136 valence electrons. The minimum absolute atomic E-state index is 0.00154. The second-order valence-corrected chi connectivity index (χ2v) is 11.1. The van der Waals surface area contributed by atoms with Gasteiger partial charge in [-0.25, -0.2) is 21.2 Å². The molecule has 1 aliphatic rings. The monoisotopic (exact) mass is 377 g/mol. The summed E-state index contributed by atoms with van der Waals surface area (Å²) in [4.78, 5) is 0.00154. The number of aryl methyl sites for hydroxylation is 1. The van der Waals surface area contributed by atoms with E-state index in [1.54, 1.807) is 0 Å². The maximum atomic E-state index is 13.3. The molecule has 0 aliphatic carbocycles. The Kier molecular flexibility index (Phi) is 5.71. The molecule has 0 amide bonds. The highest BCUT2D eigenvalue weighted by atomic mass is 32.2. The highest BCUT2D eigenvalue weighted by molar-refractivity contribution is 7.96. The summed E-state index contributed by atoms with van der Waals surface area (Å²) in [5, 5.41) is 2.05. The van der Waals surface area contributed by atoms with E-state index in [0.717, 1.165) is 18.6 Å². The normalized spacial score (nSPS) is 23.7. The van der Waals surface area contributed by atoms with Gasteiger partial charge in [-0.2, -0.15) is 0 Å². The molecule has 0 unspecified atom stereocenters. The standard InChI is InChI=1S/C16H24FNO4S2/c1-11(2)6-7-18-14-9-23(19,20)10-16(14)24(21,22)15-5-4-13(17)8-12(15)3/h4-5,8,11,14,16,18H,6-7,9-10H2,1-3H3/t14-,16-/m0/s1. The molecule has 0 radical (unpaired) electrons. The average molecular weight is 378 g/mol. The molecular weight excluding hydrogens is 353 g/mol. The van der Waals surface area contributed by atoms with Gasteiger partial charge in [0.25, 0.3) is 0 Å². The van der Waals surface area contributed by atoms with Crippen molar-refractivity contribution < 1.29 is 21.2 Å². The number of hydrogen-bond donors (Lipinski definition) is 1. The van der Waals surface area contributed by atoms with Crippen molar-refractivity contribution in [3.05, 3.63) is 29.6 Å². The lowest BCUT2D eigenvalue weighted by molar-refractivity contribution is 0.483. The molecule has 24 heavy (non-hydrogen) atoms. The molecule has 1 aliphatic heterocycles. The predicted molar refractivity (Wildman–Crippen MR) is 92.0 cm³/mol. The summed E-state index contributed by atoms with van der Waals surface area (Å²) in [5.41, 5.74) is 0.292. The number of benzene rings is 1. The second kappa shape index (κ2) is 7.09. The average Bonchev–Trinajstić information content (AvgIpc) is 2.74. The molecule has 5 nitrogen and oxygen atoms in total. The van der Waals surface area contributed by atoms with Crippen molar-refractivity contribution in [2.75, 3.05) is 18.1 Å². The molecule has 0 aromatic heterocycles. The van der Waals surface area contributed by atoms with Crippen molar-refractivity contribution in [3.63, 3.8) is 0 Å². The van der Waals surface area contributed by atoms with E-state index in [0.29, 0.717) is 18.0 Å². The van der Waals surface area contributed by atoms with Crippen LogP contribution < -0.4 is 5.32 Å². The number of sulfone groups is 2. The van der Waals surface area contributed by atoms with E-state index in [-0.39, 0.29) is 10.6 Å². The minimum Gasteiger partial charge on any atom is -0.312 e. The molecule has 1 aromatic carbocycles. The molecule has 1 saturated heterocycles. The highest BCUT2D eigenvalue weighted by Gasteiger charge is 2.45. The second-order valence-electron chi connectivity index (χ2n) is 6.81. The van der Waals surface area contributed by atoms with E-state index in [1.807, 2.05) is 13.8 Å². The van der Waals surface area contributed by atoms with Gasteiger partial charge in [-0.1, -0.05) is 13.8 Å². The van der Waals surface area contributed by atoms with Crippen LogP contribution in [0.15, 0.2) is 23.1 Å². The lowest BCUT2D eigenvalue weighted by Gasteiger charge is -2.21. The number of rotatable bonds is 6. The lowest BCUT2D eigenvalue weighted by Crippen LogP contribution is -2.44. The Labute approximate surface area is 143 Å². The largest absolute Gasteiger partial charge is 0.312 e. The fraction of sp³-hybridized carbons (Fsp3) is 0.625. The summed E-state index contributed by atoms with van der Waals surface area (Å²) < 4.78 is 63.1. The fourth-order valence-electron chi connectivity index (χ4n) is 2.96. The molecule has 0 bridgehead atoms. The fourth-order valence-corrected chi connectivity index (χ4v) is 7.91. The van der Waals surface area contributed by atoms with Crippen LogP contribution in [0.1, 0.15) is 25.8 Å². The van der Waals surface area contributed by atoms with E-state index in [4.69, 9.17) is 0 Å². The summed E-state index contributed by atoms with van der Waals surface area (Å²) in [6.45, 7) is 6.17. The minimum atomic E-state index is -3.87. The van der Waals surface area contributed by atoms with Gasteiger partial charge < -0.3 is 5.32 Å². The van der Waals surface area contributed by atoms with Crippen LogP contribution in [-0.4, -0.2) is 46.2 Å². The van der Waals surface area contributed by atoms with Crippen molar-refractivity contribution in [3.8, 4) is 0 Å². The van der Waals surface area contributed by atoms with Gasteiger partial charge in [0, 0.05) is 6.04 Å². The summed E-state index contributed by atoms with van der Waals surface area (Å²) in [7, 11) is -7.29. The SMILES string of the molecule is Cc1cc(F)ccc1S(=O)(=O)[C@H]1CS(=O)(=O)C[C@@H]1NCCC(C)C. The van der Waals surface area contributed by atoms with Crippen LogP contribution in [0.25, 0.3) is 0 Å². The van der Waals surface area contributed by atoms with Gasteiger partial charge >= 0.3 is 0 Å². The van der Waals surface area contributed by atoms with E-state index in [1.165, 1.54) is 13.0 Å². The van der Waals surface area contributed by atoms with Crippen LogP contribution in [0.5, 0.6) is 0 Å². The Morgan fingerprint density at radius 2 is 1.96 bits per heavy atom. The molecule has 2 rings (SSSR count). The van der Waals surface area contributed by atoms with Crippen molar-refractivity contribution >= 4 is 19.7 Å². The zero-order valence-corrected chi connectivity index (χ0v) is 15.8. The van der Waals surface area contributed by atoms with Gasteiger partial charge in [-0.05, 0) is 49.6 Å². The van der Waals surface area contributed by atoms with Crippen molar-refractivity contribution in [1.82, 2.24) is 5.32 Å². The van der Waals surface area contributed by atoms with Crippen molar-refractivity contribution in [1.29, 1.82) is 0 Å². The van der Waals surface area contributed by atoms with Crippen LogP contribution >= 0.6 is 0 Å². The van der Waals surface area contributed by atoms with Crippen molar-refractivity contribution in [2.45, 2.75) is 43.4 Å². The van der Waals surface area contributed by atoms with Gasteiger partial charge in [0.2, 0.25) is 0 Å². The van der Waals surface area contributed by atoms with Gasteiger partial charge in [0.05, 0.1) is 21.7 Å². The summed E-state index contributed by atoms with van der Waals surface area (Å²) in [6.07, 6.45) is 0.832. The summed E-state index contributed by atoms with van der Waals surface area (Å²) in [5.74, 6) is -0.664. The summed E-state index contributed by atoms with van der Waals surface area (Å²) in [6, 6.07) is 2.82. The molecule has 0 spiro atoms. The molecule has 8 heteroatoms.